The number of fused-ring (bicyclic) bond motifs is 4. The van der Waals surface area contributed by atoms with Gasteiger partial charge in [0.2, 0.25) is 0 Å². The molecule has 0 aliphatic heterocycles. The molecule has 0 amide bonds. The highest BCUT2D eigenvalue weighted by Crippen LogP contribution is 2.23. The summed E-state index contributed by atoms with van der Waals surface area (Å²) in [6.45, 7) is 25.6. The van der Waals surface area contributed by atoms with E-state index in [0.717, 1.165) is 0 Å². The number of aryl methyl sites for hydroxylation is 12. The van der Waals surface area contributed by atoms with Crippen LogP contribution >= 0.6 is 0 Å². The molecule has 0 atom stereocenters. The van der Waals surface area contributed by atoms with Crippen molar-refractivity contribution < 1.29 is 0 Å². The van der Waals surface area contributed by atoms with Crippen LogP contribution < -0.4 is 0 Å². The molecule has 0 nitrogen and oxygen atoms in total. The van der Waals surface area contributed by atoms with Gasteiger partial charge in [0.1, 0.15) is 0 Å². The first-order valence-corrected chi connectivity index (χ1v) is 22.6. The third-order valence-corrected chi connectivity index (χ3v) is 11.6. The van der Waals surface area contributed by atoms with Gasteiger partial charge >= 0.3 is 0 Å². The van der Waals surface area contributed by atoms with Gasteiger partial charge in [-0.3, -0.25) is 0 Å². The Morgan fingerprint density at radius 3 is 0.953 bits per heavy atom. The smallest absolute Gasteiger partial charge is 0.0152 e. The van der Waals surface area contributed by atoms with Crippen molar-refractivity contribution in [3.8, 4) is 0 Å². The molecule has 0 aromatic heterocycles. The summed E-state index contributed by atoms with van der Waals surface area (Å²) in [6, 6.07) is 68.7. The van der Waals surface area contributed by atoms with Crippen molar-refractivity contribution in [3.05, 3.63) is 261 Å². The molecule has 10 rings (SSSR count). The van der Waals surface area contributed by atoms with E-state index in [2.05, 4.69) is 277 Å². The Bertz CT molecular complexity index is 2880. The standard InChI is InChI=1S/4C12H12.2C8H10/c1-9-5-3-8-12-10(2)6-4-7-11(9)12;1-9-6-7-12-10(2)4-3-5-11(12)8-9;1-9-7-10(2)12-6-4-3-5-11(12)8-9;1-9-7-8-10(2)12-6-4-3-5-11(9)12;1-7-3-5-8(2)6-4-7;1-7-4-3-5-8(2)6-7/h4*3-8H,1-2H3;2*3-6H,1-2H3. The summed E-state index contributed by atoms with van der Waals surface area (Å²) in [4.78, 5) is 0. The lowest BCUT2D eigenvalue weighted by Gasteiger charge is -2.03. The minimum absolute atomic E-state index is 1.33. The van der Waals surface area contributed by atoms with Crippen molar-refractivity contribution in [3.63, 3.8) is 0 Å². The lowest BCUT2D eigenvalue weighted by molar-refractivity contribution is 1.39. The second kappa shape index (κ2) is 23.6. The lowest BCUT2D eigenvalue weighted by atomic mass is 10.0. The van der Waals surface area contributed by atoms with Crippen molar-refractivity contribution in [1.82, 2.24) is 0 Å². The molecule has 0 radical (unpaired) electrons. The fourth-order valence-electron chi connectivity index (χ4n) is 7.92. The highest BCUT2D eigenvalue weighted by Gasteiger charge is 1.99. The summed E-state index contributed by atoms with van der Waals surface area (Å²) in [7, 11) is 0. The average molecular weight is 837 g/mol. The summed E-state index contributed by atoms with van der Waals surface area (Å²) in [5, 5.41) is 10.9. The van der Waals surface area contributed by atoms with Crippen molar-refractivity contribution >= 4 is 43.1 Å². The predicted molar refractivity (Wildman–Crippen MR) is 286 cm³/mol. The van der Waals surface area contributed by atoms with Crippen LogP contribution in [0.15, 0.2) is 194 Å². The minimum Gasteiger partial charge on any atom is -0.0617 e. The number of rotatable bonds is 0. The van der Waals surface area contributed by atoms with Crippen molar-refractivity contribution in [2.24, 2.45) is 0 Å². The van der Waals surface area contributed by atoms with E-state index in [9.17, 15) is 0 Å². The van der Waals surface area contributed by atoms with Crippen LogP contribution in [0.3, 0.4) is 0 Å². The normalized spacial score (nSPS) is 10.2. The molecule has 0 heterocycles. The lowest BCUT2D eigenvalue weighted by Crippen LogP contribution is -1.80. The Balaban J connectivity index is 0.000000146. The molecule has 0 aliphatic rings. The zero-order chi connectivity index (χ0) is 46.2. The van der Waals surface area contributed by atoms with Crippen LogP contribution in [0, 0.1) is 83.1 Å². The largest absolute Gasteiger partial charge is 0.0617 e. The van der Waals surface area contributed by atoms with Crippen LogP contribution in [0.25, 0.3) is 43.1 Å². The van der Waals surface area contributed by atoms with Gasteiger partial charge in [0.25, 0.3) is 0 Å². The maximum absolute atomic E-state index is 2.22. The summed E-state index contributed by atoms with van der Waals surface area (Å²) < 4.78 is 0. The Labute approximate surface area is 385 Å². The van der Waals surface area contributed by atoms with Gasteiger partial charge in [0, 0.05) is 0 Å². The third kappa shape index (κ3) is 14.1. The Hall–Kier alpha value is -6.76. The summed E-state index contributed by atoms with van der Waals surface area (Å²) in [6.07, 6.45) is 0. The van der Waals surface area contributed by atoms with Gasteiger partial charge in [-0.25, -0.2) is 0 Å². The van der Waals surface area contributed by atoms with E-state index in [1.807, 2.05) is 0 Å². The summed E-state index contributed by atoms with van der Waals surface area (Å²) in [5.74, 6) is 0. The Kier molecular flexibility index (Phi) is 17.8. The molecule has 10 aromatic carbocycles. The van der Waals surface area contributed by atoms with Gasteiger partial charge in [-0.1, -0.05) is 228 Å². The van der Waals surface area contributed by atoms with Crippen LogP contribution in [-0.2, 0) is 0 Å². The van der Waals surface area contributed by atoms with E-state index in [1.54, 1.807) is 0 Å². The van der Waals surface area contributed by atoms with Crippen LogP contribution in [0.5, 0.6) is 0 Å². The average Bonchev–Trinajstić information content (AvgIpc) is 3.28. The van der Waals surface area contributed by atoms with E-state index in [-0.39, 0.29) is 0 Å². The van der Waals surface area contributed by atoms with E-state index < -0.39 is 0 Å². The Morgan fingerprint density at radius 1 is 0.172 bits per heavy atom. The molecule has 0 saturated heterocycles. The maximum Gasteiger partial charge on any atom is -0.0152 e. The maximum atomic E-state index is 2.22. The van der Waals surface area contributed by atoms with E-state index in [4.69, 9.17) is 0 Å². The van der Waals surface area contributed by atoms with Crippen LogP contribution in [0.1, 0.15) is 66.8 Å². The topological polar surface area (TPSA) is 0 Å². The molecule has 0 fully saturated rings. The number of benzene rings is 10. The zero-order valence-corrected chi connectivity index (χ0v) is 40.5. The SMILES string of the molecule is Cc1cc(C)c2ccccc2c1.Cc1ccc(C)c2ccccc12.Cc1ccc(C)cc1.Cc1ccc2c(C)cccc2c1.Cc1cccc(C)c1.Cc1cccc2c(C)cccc12. The second-order valence-corrected chi connectivity index (χ2v) is 17.4. The zero-order valence-electron chi connectivity index (χ0n) is 40.5. The monoisotopic (exact) mass is 837 g/mol. The van der Waals surface area contributed by atoms with Gasteiger partial charge in [0.05, 0.1) is 0 Å². The highest BCUT2D eigenvalue weighted by molar-refractivity contribution is 5.89. The summed E-state index contributed by atoms with van der Waals surface area (Å²) in [5.41, 5.74) is 16.2. The van der Waals surface area contributed by atoms with Gasteiger partial charge in [-0.2, -0.15) is 0 Å². The van der Waals surface area contributed by atoms with Crippen LogP contribution in [0.2, 0.25) is 0 Å². The Morgan fingerprint density at radius 2 is 0.484 bits per heavy atom. The highest BCUT2D eigenvalue weighted by atomic mass is 14.0. The van der Waals surface area contributed by atoms with Gasteiger partial charge < -0.3 is 0 Å². The second-order valence-electron chi connectivity index (χ2n) is 17.4. The van der Waals surface area contributed by atoms with E-state index in [0.29, 0.717) is 0 Å². The molecule has 0 spiro atoms. The predicted octanol–water partition coefficient (Wildman–Crippen LogP) is 18.4. The van der Waals surface area contributed by atoms with Gasteiger partial charge in [-0.15, -0.1) is 0 Å². The number of hydrogen-bond acceptors (Lipinski definition) is 0. The first-order valence-electron chi connectivity index (χ1n) is 22.6. The molecule has 0 N–H and O–H groups in total. The first kappa shape index (κ1) is 48.3. The quantitative estimate of drug-likeness (QED) is 0.143. The molecule has 0 heteroatoms. The first-order chi connectivity index (χ1) is 30.7. The van der Waals surface area contributed by atoms with Gasteiger partial charge in [-0.05, 0) is 160 Å². The van der Waals surface area contributed by atoms with Gasteiger partial charge in [0.15, 0.2) is 0 Å². The van der Waals surface area contributed by atoms with Crippen molar-refractivity contribution in [2.75, 3.05) is 0 Å². The van der Waals surface area contributed by atoms with Crippen molar-refractivity contribution in [1.29, 1.82) is 0 Å². The van der Waals surface area contributed by atoms with Crippen LogP contribution in [-0.4, -0.2) is 0 Å². The molecule has 0 aliphatic carbocycles. The molecule has 0 saturated carbocycles. The molecule has 10 aromatic rings. The molecular weight excluding hydrogens is 769 g/mol. The molecular formula is C64H68. The molecule has 64 heavy (non-hydrogen) atoms. The number of hydrogen-bond donors (Lipinski definition) is 0. The molecule has 0 bridgehead atoms. The van der Waals surface area contributed by atoms with E-state index in [1.165, 1.54) is 110 Å². The van der Waals surface area contributed by atoms with Crippen molar-refractivity contribution in [2.45, 2.75) is 83.1 Å². The summed E-state index contributed by atoms with van der Waals surface area (Å²) >= 11 is 0. The van der Waals surface area contributed by atoms with E-state index >= 15 is 0 Å². The molecule has 0 unspecified atom stereocenters. The fraction of sp³-hybridized carbons (Fsp3) is 0.188. The van der Waals surface area contributed by atoms with Crippen LogP contribution in [0.4, 0.5) is 0 Å². The molecule has 324 valence electrons. The minimum atomic E-state index is 1.33. The third-order valence-electron chi connectivity index (χ3n) is 11.6. The fourth-order valence-corrected chi connectivity index (χ4v) is 7.92.